The van der Waals surface area contributed by atoms with Gasteiger partial charge in [-0.05, 0) is 31.7 Å². The van der Waals surface area contributed by atoms with Gasteiger partial charge in [-0.15, -0.1) is 0 Å². The Morgan fingerprint density at radius 3 is 2.61 bits per heavy atom. The monoisotopic (exact) mass is 246 g/mol. The van der Waals surface area contributed by atoms with Gasteiger partial charge in [-0.2, -0.15) is 0 Å². The number of aromatic nitrogens is 2. The number of carbonyl (C=O) groups is 1. The second-order valence-electron chi connectivity index (χ2n) is 5.53. The first-order chi connectivity index (χ1) is 8.72. The van der Waals surface area contributed by atoms with Crippen LogP contribution < -0.4 is 0 Å². The number of hydrogen-bond donors (Lipinski definition) is 1. The molecule has 0 amide bonds. The number of aliphatic carboxylic acids is 1. The van der Waals surface area contributed by atoms with Crippen molar-refractivity contribution in [2.45, 2.75) is 56.3 Å². The summed E-state index contributed by atoms with van der Waals surface area (Å²) >= 11 is 0. The molecule has 0 aromatic carbocycles. The Bertz CT molecular complexity index is 463. The van der Waals surface area contributed by atoms with Gasteiger partial charge >= 0.3 is 5.97 Å². The zero-order valence-electron chi connectivity index (χ0n) is 10.4. The van der Waals surface area contributed by atoms with E-state index in [1.807, 2.05) is 6.07 Å². The van der Waals surface area contributed by atoms with Crippen molar-refractivity contribution in [3.05, 3.63) is 23.8 Å². The Balaban J connectivity index is 1.87. The molecule has 4 heteroatoms. The Morgan fingerprint density at radius 2 is 2.00 bits per heavy atom. The SMILES string of the molecule is O=C(O)C1(c2nccc(C3CCCCC3)n2)CC1. The van der Waals surface area contributed by atoms with E-state index in [9.17, 15) is 9.90 Å². The first-order valence-electron chi connectivity index (χ1n) is 6.79. The van der Waals surface area contributed by atoms with Gasteiger partial charge in [0.05, 0.1) is 0 Å². The first kappa shape index (κ1) is 11.6. The van der Waals surface area contributed by atoms with E-state index in [0.29, 0.717) is 24.6 Å². The molecule has 2 aliphatic rings. The van der Waals surface area contributed by atoms with E-state index in [0.717, 1.165) is 5.69 Å². The molecule has 1 heterocycles. The van der Waals surface area contributed by atoms with Crippen LogP contribution in [0.2, 0.25) is 0 Å². The average molecular weight is 246 g/mol. The first-order valence-corrected chi connectivity index (χ1v) is 6.79. The number of rotatable bonds is 3. The van der Waals surface area contributed by atoms with Crippen LogP contribution in [0.15, 0.2) is 12.3 Å². The Morgan fingerprint density at radius 1 is 1.28 bits per heavy atom. The van der Waals surface area contributed by atoms with E-state index in [2.05, 4.69) is 9.97 Å². The van der Waals surface area contributed by atoms with E-state index in [1.54, 1.807) is 6.20 Å². The normalized spacial score (nSPS) is 22.7. The summed E-state index contributed by atoms with van der Waals surface area (Å²) in [5, 5.41) is 9.28. The summed E-state index contributed by atoms with van der Waals surface area (Å²) in [6.45, 7) is 0. The van der Waals surface area contributed by atoms with E-state index in [-0.39, 0.29) is 0 Å². The fraction of sp³-hybridized carbons (Fsp3) is 0.643. The second-order valence-corrected chi connectivity index (χ2v) is 5.53. The van der Waals surface area contributed by atoms with Crippen LogP contribution in [0, 0.1) is 0 Å². The van der Waals surface area contributed by atoms with Crippen molar-refractivity contribution in [1.82, 2.24) is 9.97 Å². The van der Waals surface area contributed by atoms with Crippen LogP contribution in [0.3, 0.4) is 0 Å². The second kappa shape index (κ2) is 4.34. The minimum Gasteiger partial charge on any atom is -0.480 e. The maximum absolute atomic E-state index is 11.3. The summed E-state index contributed by atoms with van der Waals surface area (Å²) in [6.07, 6.45) is 9.27. The van der Waals surface area contributed by atoms with E-state index < -0.39 is 11.4 Å². The van der Waals surface area contributed by atoms with Crippen LogP contribution in [-0.4, -0.2) is 21.0 Å². The summed E-state index contributed by atoms with van der Waals surface area (Å²) in [5.41, 5.74) is 0.275. The lowest BCUT2D eigenvalue weighted by Gasteiger charge is -2.21. The predicted octanol–water partition coefficient (Wildman–Crippen LogP) is 2.64. The van der Waals surface area contributed by atoms with Crippen molar-refractivity contribution in [2.24, 2.45) is 0 Å². The third-order valence-corrected chi connectivity index (χ3v) is 4.29. The van der Waals surface area contributed by atoms with Crippen LogP contribution >= 0.6 is 0 Å². The standard InChI is InChI=1S/C14H18N2O2/c17-13(18)14(7-8-14)12-15-9-6-11(16-12)10-4-2-1-3-5-10/h6,9-10H,1-5,7-8H2,(H,17,18). The van der Waals surface area contributed by atoms with Crippen molar-refractivity contribution < 1.29 is 9.90 Å². The molecule has 1 aromatic rings. The summed E-state index contributed by atoms with van der Waals surface area (Å²) in [6, 6.07) is 1.96. The minimum atomic E-state index is -0.775. The lowest BCUT2D eigenvalue weighted by atomic mass is 9.87. The summed E-state index contributed by atoms with van der Waals surface area (Å²) in [4.78, 5) is 20.0. The maximum atomic E-state index is 11.3. The van der Waals surface area contributed by atoms with E-state index >= 15 is 0 Å². The Hall–Kier alpha value is -1.45. The predicted molar refractivity (Wildman–Crippen MR) is 66.4 cm³/mol. The Kier molecular flexibility index (Phi) is 2.80. The molecule has 96 valence electrons. The molecule has 0 radical (unpaired) electrons. The largest absolute Gasteiger partial charge is 0.480 e. The highest BCUT2D eigenvalue weighted by Crippen LogP contribution is 2.47. The van der Waals surface area contributed by atoms with Crippen molar-refractivity contribution in [2.75, 3.05) is 0 Å². The summed E-state index contributed by atoms with van der Waals surface area (Å²) in [5.74, 6) is 0.256. The number of hydrogen-bond acceptors (Lipinski definition) is 3. The summed E-state index contributed by atoms with van der Waals surface area (Å²) in [7, 11) is 0. The molecule has 3 rings (SSSR count). The van der Waals surface area contributed by atoms with Crippen molar-refractivity contribution in [3.8, 4) is 0 Å². The zero-order chi connectivity index (χ0) is 12.6. The molecular formula is C14H18N2O2. The molecule has 0 spiro atoms. The van der Waals surface area contributed by atoms with Gasteiger partial charge in [0.25, 0.3) is 0 Å². The van der Waals surface area contributed by atoms with Gasteiger partial charge in [0.2, 0.25) is 0 Å². The third kappa shape index (κ3) is 1.89. The fourth-order valence-corrected chi connectivity index (χ4v) is 2.89. The van der Waals surface area contributed by atoms with E-state index in [1.165, 1.54) is 32.1 Å². The van der Waals surface area contributed by atoms with Gasteiger partial charge in [0.1, 0.15) is 11.2 Å². The van der Waals surface area contributed by atoms with Crippen LogP contribution in [0.5, 0.6) is 0 Å². The van der Waals surface area contributed by atoms with Crippen molar-refractivity contribution in [1.29, 1.82) is 0 Å². The quantitative estimate of drug-likeness (QED) is 0.890. The zero-order valence-corrected chi connectivity index (χ0v) is 10.4. The van der Waals surface area contributed by atoms with Gasteiger partial charge in [0, 0.05) is 17.8 Å². The number of carboxylic acids is 1. The number of carboxylic acid groups (broad SMARTS) is 1. The molecule has 0 bridgehead atoms. The molecule has 2 aliphatic carbocycles. The topological polar surface area (TPSA) is 63.1 Å². The molecule has 2 saturated carbocycles. The van der Waals surface area contributed by atoms with Gasteiger partial charge in [-0.3, -0.25) is 4.79 Å². The van der Waals surface area contributed by atoms with Crippen LogP contribution in [0.1, 0.15) is 62.4 Å². The lowest BCUT2D eigenvalue weighted by molar-refractivity contribution is -0.140. The van der Waals surface area contributed by atoms with Gasteiger partial charge < -0.3 is 5.11 Å². The molecular weight excluding hydrogens is 228 g/mol. The highest BCUT2D eigenvalue weighted by atomic mass is 16.4. The Labute approximate surface area is 106 Å². The van der Waals surface area contributed by atoms with Gasteiger partial charge in [-0.25, -0.2) is 9.97 Å². The minimum absolute atomic E-state index is 0.505. The van der Waals surface area contributed by atoms with Crippen LogP contribution in [0.4, 0.5) is 0 Å². The highest BCUT2D eigenvalue weighted by molar-refractivity contribution is 5.83. The summed E-state index contributed by atoms with van der Waals surface area (Å²) < 4.78 is 0. The van der Waals surface area contributed by atoms with Gasteiger partial charge in [0.15, 0.2) is 0 Å². The molecule has 0 saturated heterocycles. The van der Waals surface area contributed by atoms with E-state index in [4.69, 9.17) is 0 Å². The molecule has 0 atom stereocenters. The molecule has 0 unspecified atom stereocenters. The van der Waals surface area contributed by atoms with Crippen molar-refractivity contribution in [3.63, 3.8) is 0 Å². The highest BCUT2D eigenvalue weighted by Gasteiger charge is 2.54. The number of nitrogens with zero attached hydrogens (tertiary/aromatic N) is 2. The fourth-order valence-electron chi connectivity index (χ4n) is 2.89. The molecule has 1 N–H and O–H groups in total. The average Bonchev–Trinajstić information content (AvgIpc) is 3.21. The van der Waals surface area contributed by atoms with Crippen LogP contribution in [0.25, 0.3) is 0 Å². The molecule has 0 aliphatic heterocycles. The van der Waals surface area contributed by atoms with Crippen molar-refractivity contribution >= 4 is 5.97 Å². The maximum Gasteiger partial charge on any atom is 0.317 e. The molecule has 2 fully saturated rings. The smallest absolute Gasteiger partial charge is 0.317 e. The molecule has 4 nitrogen and oxygen atoms in total. The van der Waals surface area contributed by atoms with Gasteiger partial charge in [-0.1, -0.05) is 19.3 Å². The molecule has 18 heavy (non-hydrogen) atoms. The third-order valence-electron chi connectivity index (χ3n) is 4.29. The lowest BCUT2D eigenvalue weighted by Crippen LogP contribution is -2.23. The molecule has 1 aromatic heterocycles. The van der Waals surface area contributed by atoms with Crippen LogP contribution in [-0.2, 0) is 10.2 Å².